The van der Waals surface area contributed by atoms with Gasteiger partial charge in [-0.25, -0.2) is 0 Å². The molecule has 0 aliphatic rings. The molecule has 0 saturated heterocycles. The Morgan fingerprint density at radius 3 is 1.80 bits per heavy atom. The Hall–Kier alpha value is -0.120. The van der Waals surface area contributed by atoms with E-state index < -0.39 is 6.10 Å². The minimum atomic E-state index is -0.447. The Balaban J connectivity index is 3.24. The quantitative estimate of drug-likeness (QED) is 0.447. The van der Waals surface area contributed by atoms with Gasteiger partial charge in [0.15, 0.2) is 0 Å². The Morgan fingerprint density at radius 2 is 1.35 bits per heavy atom. The van der Waals surface area contributed by atoms with E-state index in [1.165, 1.54) is 57.8 Å². The van der Waals surface area contributed by atoms with Crippen LogP contribution in [0.2, 0.25) is 0 Å². The smallest absolute Gasteiger partial charge is 0.0807 e. The number of hydrogen-bond acceptors (Lipinski definition) is 3. The van der Waals surface area contributed by atoms with E-state index in [-0.39, 0.29) is 12.7 Å². The molecule has 0 aliphatic carbocycles. The van der Waals surface area contributed by atoms with E-state index in [2.05, 4.69) is 6.92 Å². The highest BCUT2D eigenvalue weighted by Crippen LogP contribution is 2.12. The second-order valence-electron chi connectivity index (χ2n) is 5.96. The average molecular weight is 288 g/mol. The number of ether oxygens (including phenoxy) is 1. The zero-order valence-electron chi connectivity index (χ0n) is 13.6. The fraction of sp³-hybridized carbons (Fsp3) is 1.00. The van der Waals surface area contributed by atoms with Crippen molar-refractivity contribution in [1.29, 1.82) is 0 Å². The first kappa shape index (κ1) is 19.9. The highest BCUT2D eigenvalue weighted by atomic mass is 16.5. The molecule has 0 aromatic rings. The van der Waals surface area contributed by atoms with E-state index in [1.54, 1.807) is 6.92 Å². The van der Waals surface area contributed by atoms with Crippen molar-refractivity contribution in [3.63, 3.8) is 0 Å². The van der Waals surface area contributed by atoms with Crippen molar-refractivity contribution < 1.29 is 14.9 Å². The van der Waals surface area contributed by atoms with E-state index in [4.69, 9.17) is 9.84 Å². The van der Waals surface area contributed by atoms with Crippen molar-refractivity contribution in [3.05, 3.63) is 0 Å². The number of rotatable bonds is 15. The monoisotopic (exact) mass is 288 g/mol. The molecule has 0 amide bonds. The summed E-state index contributed by atoms with van der Waals surface area (Å²) in [6, 6.07) is 0. The van der Waals surface area contributed by atoms with Gasteiger partial charge in [-0.2, -0.15) is 0 Å². The molecule has 0 heterocycles. The normalized spacial score (nSPS) is 14.4. The van der Waals surface area contributed by atoms with Gasteiger partial charge in [-0.05, 0) is 13.3 Å². The molecular weight excluding hydrogens is 252 g/mol. The summed E-state index contributed by atoms with van der Waals surface area (Å²) >= 11 is 0. The summed E-state index contributed by atoms with van der Waals surface area (Å²) < 4.78 is 5.44. The van der Waals surface area contributed by atoms with E-state index in [0.717, 1.165) is 12.8 Å². The topological polar surface area (TPSA) is 49.7 Å². The lowest BCUT2D eigenvalue weighted by Gasteiger charge is -2.16. The van der Waals surface area contributed by atoms with Crippen LogP contribution >= 0.6 is 0 Å². The first-order chi connectivity index (χ1) is 9.70. The summed E-state index contributed by atoms with van der Waals surface area (Å²) in [5.41, 5.74) is 0. The predicted octanol–water partition coefficient (Wildman–Crippen LogP) is 4.06. The Labute approximate surface area is 125 Å². The third kappa shape index (κ3) is 14.3. The zero-order chi connectivity index (χ0) is 15.1. The molecule has 0 bridgehead atoms. The summed E-state index contributed by atoms with van der Waals surface area (Å²) in [5, 5.41) is 18.3. The first-order valence-electron chi connectivity index (χ1n) is 8.61. The Kier molecular flexibility index (Phi) is 15.2. The van der Waals surface area contributed by atoms with Gasteiger partial charge in [-0.15, -0.1) is 0 Å². The van der Waals surface area contributed by atoms with Crippen LogP contribution in [-0.4, -0.2) is 35.6 Å². The van der Waals surface area contributed by atoms with Gasteiger partial charge in [0.1, 0.15) is 0 Å². The standard InChI is InChI=1S/C17H36O3/c1-3-4-5-6-7-8-9-10-11-12-13-17(14-18)20-15-16(2)19/h16-19H,3-15H2,1-2H3. The third-order valence-corrected chi connectivity index (χ3v) is 3.66. The molecule has 0 saturated carbocycles. The first-order valence-corrected chi connectivity index (χ1v) is 8.61. The van der Waals surface area contributed by atoms with Crippen molar-refractivity contribution in [3.8, 4) is 0 Å². The van der Waals surface area contributed by atoms with E-state index in [1.807, 2.05) is 0 Å². The lowest BCUT2D eigenvalue weighted by Crippen LogP contribution is -2.22. The molecule has 2 unspecified atom stereocenters. The van der Waals surface area contributed by atoms with Crippen LogP contribution in [0.25, 0.3) is 0 Å². The van der Waals surface area contributed by atoms with Crippen LogP contribution in [0.1, 0.15) is 84.5 Å². The van der Waals surface area contributed by atoms with Gasteiger partial charge >= 0.3 is 0 Å². The fourth-order valence-corrected chi connectivity index (χ4v) is 2.36. The predicted molar refractivity (Wildman–Crippen MR) is 85.0 cm³/mol. The number of unbranched alkanes of at least 4 members (excludes halogenated alkanes) is 9. The van der Waals surface area contributed by atoms with Gasteiger partial charge in [0.05, 0.1) is 25.4 Å². The lowest BCUT2D eigenvalue weighted by molar-refractivity contribution is -0.0310. The van der Waals surface area contributed by atoms with Crippen LogP contribution in [0.15, 0.2) is 0 Å². The lowest BCUT2D eigenvalue weighted by atomic mass is 10.0. The van der Waals surface area contributed by atoms with Gasteiger partial charge in [-0.1, -0.05) is 71.1 Å². The number of hydrogen-bond donors (Lipinski definition) is 2. The largest absolute Gasteiger partial charge is 0.394 e. The maximum atomic E-state index is 9.18. The molecule has 0 aromatic heterocycles. The second-order valence-corrected chi connectivity index (χ2v) is 5.96. The van der Waals surface area contributed by atoms with Crippen molar-refractivity contribution in [1.82, 2.24) is 0 Å². The Morgan fingerprint density at radius 1 is 0.850 bits per heavy atom. The molecule has 3 heteroatoms. The minimum absolute atomic E-state index is 0.0597. The van der Waals surface area contributed by atoms with Crippen molar-refractivity contribution >= 4 is 0 Å². The van der Waals surface area contributed by atoms with Gasteiger partial charge < -0.3 is 14.9 Å². The van der Waals surface area contributed by atoms with Crippen LogP contribution in [-0.2, 0) is 4.74 Å². The van der Waals surface area contributed by atoms with Crippen LogP contribution in [0.4, 0.5) is 0 Å². The van der Waals surface area contributed by atoms with Crippen molar-refractivity contribution in [2.75, 3.05) is 13.2 Å². The molecule has 2 atom stereocenters. The van der Waals surface area contributed by atoms with Crippen molar-refractivity contribution in [2.24, 2.45) is 0 Å². The van der Waals surface area contributed by atoms with E-state index >= 15 is 0 Å². The molecule has 0 spiro atoms. The van der Waals surface area contributed by atoms with E-state index in [9.17, 15) is 5.11 Å². The summed E-state index contributed by atoms with van der Waals surface area (Å²) in [7, 11) is 0. The highest BCUT2D eigenvalue weighted by Gasteiger charge is 2.08. The maximum Gasteiger partial charge on any atom is 0.0807 e. The van der Waals surface area contributed by atoms with E-state index in [0.29, 0.717) is 6.61 Å². The third-order valence-electron chi connectivity index (χ3n) is 3.66. The minimum Gasteiger partial charge on any atom is -0.394 e. The molecule has 0 radical (unpaired) electrons. The van der Waals surface area contributed by atoms with Crippen molar-refractivity contribution in [2.45, 2.75) is 96.7 Å². The molecule has 2 N–H and O–H groups in total. The number of aliphatic hydroxyl groups is 2. The number of aliphatic hydroxyl groups excluding tert-OH is 2. The molecule has 122 valence electrons. The highest BCUT2D eigenvalue weighted by molar-refractivity contribution is 4.58. The molecule has 3 nitrogen and oxygen atoms in total. The van der Waals surface area contributed by atoms with Crippen LogP contribution in [0.3, 0.4) is 0 Å². The summed E-state index contributed by atoms with van der Waals surface area (Å²) in [4.78, 5) is 0. The summed E-state index contributed by atoms with van der Waals surface area (Å²) in [6.45, 7) is 4.34. The molecular formula is C17H36O3. The van der Waals surface area contributed by atoms with Crippen LogP contribution in [0, 0.1) is 0 Å². The fourth-order valence-electron chi connectivity index (χ4n) is 2.36. The summed E-state index contributed by atoms with van der Waals surface area (Å²) in [5.74, 6) is 0. The van der Waals surface area contributed by atoms with Gasteiger partial charge in [0, 0.05) is 0 Å². The molecule has 0 aromatic carbocycles. The van der Waals surface area contributed by atoms with Gasteiger partial charge in [-0.3, -0.25) is 0 Å². The molecule has 20 heavy (non-hydrogen) atoms. The van der Waals surface area contributed by atoms with Gasteiger partial charge in [0.2, 0.25) is 0 Å². The average Bonchev–Trinajstić information content (AvgIpc) is 2.44. The molecule has 0 aliphatic heterocycles. The zero-order valence-corrected chi connectivity index (χ0v) is 13.6. The van der Waals surface area contributed by atoms with Gasteiger partial charge in [0.25, 0.3) is 0 Å². The SMILES string of the molecule is CCCCCCCCCCCCC(CO)OCC(C)O. The summed E-state index contributed by atoms with van der Waals surface area (Å²) in [6.07, 6.45) is 13.6. The molecule has 0 rings (SSSR count). The van der Waals surface area contributed by atoms with Crippen LogP contribution < -0.4 is 0 Å². The van der Waals surface area contributed by atoms with Crippen LogP contribution in [0.5, 0.6) is 0 Å². The second kappa shape index (κ2) is 15.3. The molecule has 0 fully saturated rings. The maximum absolute atomic E-state index is 9.18. The Bertz CT molecular complexity index is 183.